The molecule has 1 nitrogen and oxygen atoms in total. The van der Waals surface area contributed by atoms with Gasteiger partial charge < -0.3 is 5.11 Å². The van der Waals surface area contributed by atoms with Crippen molar-refractivity contribution in [2.45, 2.75) is 0 Å². The maximum atomic E-state index is 9.56. The van der Waals surface area contributed by atoms with Gasteiger partial charge in [-0.3, -0.25) is 0 Å². The first-order valence-corrected chi connectivity index (χ1v) is 4.21. The Hall–Kier alpha value is -1.76. The van der Waals surface area contributed by atoms with Gasteiger partial charge in [0.05, 0.1) is 0 Å². The fourth-order valence-corrected chi connectivity index (χ4v) is 1.34. The summed E-state index contributed by atoms with van der Waals surface area (Å²) in [6.07, 6.45) is 11.7. The molecule has 0 unspecified atom stereocenters. The molecular formula is C12H10O. The van der Waals surface area contributed by atoms with E-state index < -0.39 is 0 Å². The molecule has 1 aliphatic carbocycles. The molecule has 0 spiro atoms. The molecule has 64 valence electrons. The lowest BCUT2D eigenvalue weighted by molar-refractivity contribution is 0.474. The van der Waals surface area contributed by atoms with Gasteiger partial charge in [0.25, 0.3) is 0 Å². The van der Waals surface area contributed by atoms with Crippen molar-refractivity contribution in [3.63, 3.8) is 0 Å². The molecule has 1 heteroatoms. The normalized spacial score (nSPS) is 18.5. The van der Waals surface area contributed by atoms with E-state index in [9.17, 15) is 5.11 Å². The van der Waals surface area contributed by atoms with Gasteiger partial charge in [-0.1, -0.05) is 48.6 Å². The number of phenols is 1. The Labute approximate surface area is 77.3 Å². The fourth-order valence-electron chi connectivity index (χ4n) is 1.34. The zero-order chi connectivity index (χ0) is 9.10. The van der Waals surface area contributed by atoms with Crippen molar-refractivity contribution in [1.29, 1.82) is 0 Å². The molecule has 0 atom stereocenters. The minimum absolute atomic E-state index is 0.328. The Morgan fingerprint density at radius 2 is 1.62 bits per heavy atom. The molecular weight excluding hydrogens is 160 g/mol. The Morgan fingerprint density at radius 1 is 0.846 bits per heavy atom. The summed E-state index contributed by atoms with van der Waals surface area (Å²) >= 11 is 0. The molecule has 0 aromatic heterocycles. The maximum absolute atomic E-state index is 9.56. The smallest absolute Gasteiger partial charge is 0.123 e. The van der Waals surface area contributed by atoms with Crippen LogP contribution in [0.3, 0.4) is 0 Å². The average molecular weight is 170 g/mol. The van der Waals surface area contributed by atoms with Crippen LogP contribution in [0.15, 0.2) is 42.5 Å². The lowest BCUT2D eigenvalue weighted by atomic mass is 10.0. The highest BCUT2D eigenvalue weighted by atomic mass is 16.3. The van der Waals surface area contributed by atoms with Gasteiger partial charge in [-0.15, -0.1) is 0 Å². The number of hydrogen-bond donors (Lipinski definition) is 1. The second-order valence-corrected chi connectivity index (χ2v) is 2.88. The quantitative estimate of drug-likeness (QED) is 0.634. The third kappa shape index (κ3) is 1.54. The molecule has 0 saturated carbocycles. The van der Waals surface area contributed by atoms with Crippen molar-refractivity contribution in [3.8, 4) is 5.75 Å². The summed E-state index contributed by atoms with van der Waals surface area (Å²) in [5.41, 5.74) is 1.92. The average Bonchev–Trinajstić information content (AvgIpc) is 2.07. The van der Waals surface area contributed by atoms with Gasteiger partial charge in [-0.05, 0) is 11.6 Å². The second kappa shape index (κ2) is 3.31. The predicted octanol–water partition coefficient (Wildman–Crippen LogP) is 2.99. The second-order valence-electron chi connectivity index (χ2n) is 2.88. The maximum Gasteiger partial charge on any atom is 0.123 e. The number of aromatic hydroxyl groups is 1. The first-order chi connectivity index (χ1) is 6.38. The standard InChI is InChI=1S/C12H10O/c13-12-9-5-7-10-6-3-1-2-4-8-11(10)12/h1-9,13H/b2-1-,3-1?,4-2?,6-3?,8-4-,10-6?,11-8?. The Kier molecular flexibility index (Phi) is 2.01. The summed E-state index contributed by atoms with van der Waals surface area (Å²) in [4.78, 5) is 0. The van der Waals surface area contributed by atoms with E-state index >= 15 is 0 Å². The Morgan fingerprint density at radius 3 is 2.46 bits per heavy atom. The van der Waals surface area contributed by atoms with Crippen LogP contribution in [0.4, 0.5) is 0 Å². The van der Waals surface area contributed by atoms with E-state index in [1.165, 1.54) is 0 Å². The van der Waals surface area contributed by atoms with E-state index in [0.29, 0.717) is 5.75 Å². The lowest BCUT2D eigenvalue weighted by Crippen LogP contribution is -1.82. The molecule has 13 heavy (non-hydrogen) atoms. The molecule has 0 fully saturated rings. The van der Waals surface area contributed by atoms with E-state index in [-0.39, 0.29) is 0 Å². The monoisotopic (exact) mass is 170 g/mol. The number of hydrogen-bond acceptors (Lipinski definition) is 1. The summed E-state index contributed by atoms with van der Waals surface area (Å²) < 4.78 is 0. The number of benzene rings is 1. The highest BCUT2D eigenvalue weighted by molar-refractivity contribution is 5.71. The summed E-state index contributed by atoms with van der Waals surface area (Å²) in [6, 6.07) is 5.52. The van der Waals surface area contributed by atoms with Gasteiger partial charge in [-0.25, -0.2) is 0 Å². The van der Waals surface area contributed by atoms with Gasteiger partial charge in [0.15, 0.2) is 0 Å². The molecule has 2 rings (SSSR count). The fraction of sp³-hybridized carbons (Fsp3) is 0. The van der Waals surface area contributed by atoms with E-state index in [1.54, 1.807) is 6.07 Å². The Bertz CT molecular complexity index is 398. The molecule has 0 radical (unpaired) electrons. The van der Waals surface area contributed by atoms with Crippen LogP contribution in [0.1, 0.15) is 11.1 Å². The summed E-state index contributed by atoms with van der Waals surface area (Å²) in [5.74, 6) is 0.328. The van der Waals surface area contributed by atoms with Gasteiger partial charge in [0.2, 0.25) is 0 Å². The summed E-state index contributed by atoms with van der Waals surface area (Å²) in [6.45, 7) is 0. The van der Waals surface area contributed by atoms with Gasteiger partial charge in [-0.2, -0.15) is 0 Å². The topological polar surface area (TPSA) is 20.2 Å². The van der Waals surface area contributed by atoms with Crippen LogP contribution in [0.2, 0.25) is 0 Å². The van der Waals surface area contributed by atoms with Crippen LogP contribution in [0.25, 0.3) is 12.2 Å². The third-order valence-electron chi connectivity index (χ3n) is 1.99. The number of rotatable bonds is 0. The van der Waals surface area contributed by atoms with E-state index in [0.717, 1.165) is 11.1 Å². The molecule has 1 aliphatic rings. The number of phenolic OH excluding ortho intramolecular Hbond substituents is 1. The van der Waals surface area contributed by atoms with Crippen LogP contribution < -0.4 is 0 Å². The van der Waals surface area contributed by atoms with Gasteiger partial charge >= 0.3 is 0 Å². The van der Waals surface area contributed by atoms with E-state index in [1.807, 2.05) is 48.6 Å². The highest BCUT2D eigenvalue weighted by Gasteiger charge is 2.01. The molecule has 1 N–H and O–H groups in total. The third-order valence-corrected chi connectivity index (χ3v) is 1.99. The lowest BCUT2D eigenvalue weighted by Gasteiger charge is -2.04. The minimum atomic E-state index is 0.328. The van der Waals surface area contributed by atoms with Crippen molar-refractivity contribution in [2.24, 2.45) is 0 Å². The van der Waals surface area contributed by atoms with Crippen molar-refractivity contribution >= 4 is 12.2 Å². The zero-order valence-electron chi connectivity index (χ0n) is 7.14. The first-order valence-electron chi connectivity index (χ1n) is 4.21. The molecule has 0 saturated heterocycles. The van der Waals surface area contributed by atoms with Gasteiger partial charge in [0, 0.05) is 5.56 Å². The van der Waals surface area contributed by atoms with Crippen LogP contribution in [-0.4, -0.2) is 5.11 Å². The zero-order valence-corrected chi connectivity index (χ0v) is 7.14. The molecule has 0 amide bonds. The number of fused-ring (bicyclic) bond motifs is 1. The van der Waals surface area contributed by atoms with Crippen molar-refractivity contribution in [1.82, 2.24) is 0 Å². The largest absolute Gasteiger partial charge is 0.507 e. The van der Waals surface area contributed by atoms with Crippen LogP contribution in [-0.2, 0) is 0 Å². The first kappa shape index (κ1) is 7.87. The number of allylic oxidation sites excluding steroid dienone is 4. The van der Waals surface area contributed by atoms with Crippen molar-refractivity contribution in [2.75, 3.05) is 0 Å². The van der Waals surface area contributed by atoms with Crippen LogP contribution in [0, 0.1) is 0 Å². The summed E-state index contributed by atoms with van der Waals surface area (Å²) in [7, 11) is 0. The Balaban J connectivity index is 2.62. The highest BCUT2D eigenvalue weighted by Crippen LogP contribution is 2.24. The molecule has 0 heterocycles. The van der Waals surface area contributed by atoms with E-state index in [2.05, 4.69) is 0 Å². The van der Waals surface area contributed by atoms with Crippen LogP contribution in [0.5, 0.6) is 5.75 Å². The predicted molar refractivity (Wildman–Crippen MR) is 55.3 cm³/mol. The van der Waals surface area contributed by atoms with Crippen LogP contribution >= 0.6 is 0 Å². The molecule has 1 aromatic carbocycles. The SMILES string of the molecule is Oc1cccc2c1/C=C\C=C/C=C2. The van der Waals surface area contributed by atoms with Crippen molar-refractivity contribution in [3.05, 3.63) is 53.6 Å². The molecule has 1 aromatic rings. The molecule has 0 bridgehead atoms. The van der Waals surface area contributed by atoms with Crippen molar-refractivity contribution < 1.29 is 5.11 Å². The minimum Gasteiger partial charge on any atom is -0.507 e. The van der Waals surface area contributed by atoms with E-state index in [4.69, 9.17) is 0 Å². The summed E-state index contributed by atoms with van der Waals surface area (Å²) in [5, 5.41) is 9.56. The molecule has 0 aliphatic heterocycles. The van der Waals surface area contributed by atoms with Gasteiger partial charge in [0.1, 0.15) is 5.75 Å².